The summed E-state index contributed by atoms with van der Waals surface area (Å²) >= 11 is 1.52. The number of hydrogen-bond donors (Lipinski definition) is 2. The first-order valence-corrected chi connectivity index (χ1v) is 7.67. The Hall–Kier alpha value is -2.87. The van der Waals surface area contributed by atoms with Crippen LogP contribution in [0.25, 0.3) is 10.8 Å². The molecule has 0 aromatic carbocycles. The maximum Gasteiger partial charge on any atom is 0.287 e. The normalized spacial score (nSPS) is 10.4. The lowest BCUT2D eigenvalue weighted by atomic mass is 10.4. The number of nitrogens with zero attached hydrogens (tertiary/aromatic N) is 1. The van der Waals surface area contributed by atoms with Gasteiger partial charge in [0.1, 0.15) is 6.26 Å². The molecule has 0 aliphatic heterocycles. The quantitative estimate of drug-likeness (QED) is 0.720. The summed E-state index contributed by atoms with van der Waals surface area (Å²) in [7, 11) is 0. The van der Waals surface area contributed by atoms with E-state index in [9.17, 15) is 9.59 Å². The molecule has 0 spiro atoms. The largest absolute Gasteiger partial charge is 0.459 e. The molecule has 23 heavy (non-hydrogen) atoms. The fourth-order valence-corrected chi connectivity index (χ4v) is 2.46. The highest BCUT2D eigenvalue weighted by molar-refractivity contribution is 7.13. The van der Waals surface area contributed by atoms with Crippen molar-refractivity contribution in [2.75, 3.05) is 6.54 Å². The molecule has 0 radical (unpaired) electrons. The highest BCUT2D eigenvalue weighted by atomic mass is 32.1. The lowest BCUT2D eigenvalue weighted by Gasteiger charge is -2.04. The number of oxazole rings is 1. The highest BCUT2D eigenvalue weighted by Gasteiger charge is 2.11. The van der Waals surface area contributed by atoms with E-state index in [4.69, 9.17) is 8.83 Å². The summed E-state index contributed by atoms with van der Waals surface area (Å²) in [6.07, 6.45) is 2.89. The SMILES string of the molecule is O=C(CNC(=O)c1ccco1)NCc1coc(-c2cccs2)n1. The Morgan fingerprint density at radius 3 is 2.83 bits per heavy atom. The van der Waals surface area contributed by atoms with Crippen molar-refractivity contribution in [3.05, 3.63) is 53.6 Å². The summed E-state index contributed by atoms with van der Waals surface area (Å²) in [5.74, 6) is -0.0811. The number of nitrogens with one attached hydrogen (secondary N) is 2. The monoisotopic (exact) mass is 331 g/mol. The number of furan rings is 1. The molecule has 3 heterocycles. The van der Waals surface area contributed by atoms with Crippen LogP contribution >= 0.6 is 11.3 Å². The molecule has 0 fully saturated rings. The molecule has 2 N–H and O–H groups in total. The van der Waals surface area contributed by atoms with Crippen molar-refractivity contribution in [2.45, 2.75) is 6.54 Å². The smallest absolute Gasteiger partial charge is 0.287 e. The fraction of sp³-hybridized carbons (Fsp3) is 0.133. The molecule has 3 aromatic rings. The standard InChI is InChI=1S/C15H13N3O4S/c19-13(8-17-14(20)11-3-1-5-21-11)16-7-10-9-22-15(18-10)12-4-2-6-23-12/h1-6,9H,7-8H2,(H,16,19)(H,17,20). The third kappa shape index (κ3) is 3.86. The Morgan fingerprint density at radius 2 is 2.09 bits per heavy atom. The van der Waals surface area contributed by atoms with Crippen LogP contribution in [0.5, 0.6) is 0 Å². The van der Waals surface area contributed by atoms with Crippen molar-refractivity contribution in [1.82, 2.24) is 15.6 Å². The third-order valence-electron chi connectivity index (χ3n) is 2.90. The van der Waals surface area contributed by atoms with Crippen LogP contribution < -0.4 is 10.6 Å². The molecular weight excluding hydrogens is 318 g/mol. The number of carbonyl (C=O) groups is 2. The van der Waals surface area contributed by atoms with Crippen LogP contribution in [-0.2, 0) is 11.3 Å². The molecule has 2 amide bonds. The van der Waals surface area contributed by atoms with E-state index in [-0.39, 0.29) is 24.8 Å². The topological polar surface area (TPSA) is 97.4 Å². The molecule has 0 saturated heterocycles. The van der Waals surface area contributed by atoms with Crippen molar-refractivity contribution in [3.8, 4) is 10.8 Å². The van der Waals surface area contributed by atoms with E-state index in [1.54, 1.807) is 6.07 Å². The number of rotatable bonds is 6. The zero-order chi connectivity index (χ0) is 16.1. The van der Waals surface area contributed by atoms with Crippen molar-refractivity contribution < 1.29 is 18.4 Å². The summed E-state index contributed by atoms with van der Waals surface area (Å²) < 4.78 is 10.3. The second-order valence-corrected chi connectivity index (χ2v) is 5.51. The predicted molar refractivity (Wildman–Crippen MR) is 82.7 cm³/mol. The Kier molecular flexibility index (Phi) is 4.53. The molecule has 8 heteroatoms. The Bertz CT molecular complexity index is 778. The Morgan fingerprint density at radius 1 is 1.17 bits per heavy atom. The van der Waals surface area contributed by atoms with Gasteiger partial charge in [0.2, 0.25) is 11.8 Å². The summed E-state index contributed by atoms with van der Waals surface area (Å²) in [5, 5.41) is 7.05. The van der Waals surface area contributed by atoms with E-state index >= 15 is 0 Å². The minimum absolute atomic E-state index is 0.144. The van der Waals surface area contributed by atoms with E-state index in [0.29, 0.717) is 11.6 Å². The summed E-state index contributed by atoms with van der Waals surface area (Å²) in [5.41, 5.74) is 0.610. The number of thiophene rings is 1. The average Bonchev–Trinajstić information content (AvgIpc) is 3.32. The molecule has 3 rings (SSSR count). The molecule has 7 nitrogen and oxygen atoms in total. The van der Waals surface area contributed by atoms with Gasteiger partial charge in [-0.1, -0.05) is 6.07 Å². The van der Waals surface area contributed by atoms with Gasteiger partial charge in [0, 0.05) is 0 Å². The Balaban J connectivity index is 1.45. The van der Waals surface area contributed by atoms with Gasteiger partial charge in [0.15, 0.2) is 5.76 Å². The molecule has 0 saturated carbocycles. The van der Waals surface area contributed by atoms with E-state index in [0.717, 1.165) is 4.88 Å². The van der Waals surface area contributed by atoms with Crippen LogP contribution in [-0.4, -0.2) is 23.3 Å². The zero-order valence-electron chi connectivity index (χ0n) is 11.9. The lowest BCUT2D eigenvalue weighted by molar-refractivity contribution is -0.120. The fourth-order valence-electron chi connectivity index (χ4n) is 1.81. The Labute approximate surface area is 135 Å². The van der Waals surface area contributed by atoms with Gasteiger partial charge in [-0.05, 0) is 23.6 Å². The van der Waals surface area contributed by atoms with Crippen molar-refractivity contribution in [3.63, 3.8) is 0 Å². The number of carbonyl (C=O) groups excluding carboxylic acids is 2. The van der Waals surface area contributed by atoms with Crippen molar-refractivity contribution in [1.29, 1.82) is 0 Å². The first-order valence-electron chi connectivity index (χ1n) is 6.79. The van der Waals surface area contributed by atoms with Gasteiger partial charge in [0.25, 0.3) is 5.91 Å². The highest BCUT2D eigenvalue weighted by Crippen LogP contribution is 2.23. The van der Waals surface area contributed by atoms with Crippen LogP contribution in [0.4, 0.5) is 0 Å². The van der Waals surface area contributed by atoms with Gasteiger partial charge in [0.05, 0.1) is 29.9 Å². The number of hydrogen-bond acceptors (Lipinski definition) is 6. The first kappa shape index (κ1) is 15.0. The van der Waals surface area contributed by atoms with Crippen LogP contribution in [0, 0.1) is 0 Å². The molecule has 3 aromatic heterocycles. The van der Waals surface area contributed by atoms with Crippen molar-refractivity contribution in [2.24, 2.45) is 0 Å². The van der Waals surface area contributed by atoms with Crippen molar-refractivity contribution >= 4 is 23.2 Å². The molecule has 0 unspecified atom stereocenters. The van der Waals surface area contributed by atoms with E-state index in [1.165, 1.54) is 29.9 Å². The minimum Gasteiger partial charge on any atom is -0.459 e. The maximum absolute atomic E-state index is 11.7. The maximum atomic E-state index is 11.7. The van der Waals surface area contributed by atoms with E-state index < -0.39 is 5.91 Å². The van der Waals surface area contributed by atoms with Crippen LogP contribution in [0.15, 0.2) is 51.0 Å². The van der Waals surface area contributed by atoms with Gasteiger partial charge < -0.3 is 19.5 Å². The second kappa shape index (κ2) is 6.93. The number of aromatic nitrogens is 1. The van der Waals surface area contributed by atoms with E-state index in [1.807, 2.05) is 17.5 Å². The molecule has 0 aliphatic rings. The van der Waals surface area contributed by atoms with Gasteiger partial charge in [-0.15, -0.1) is 11.3 Å². The number of amides is 2. The first-order chi connectivity index (χ1) is 11.2. The third-order valence-corrected chi connectivity index (χ3v) is 3.76. The molecule has 0 bridgehead atoms. The molecule has 0 aliphatic carbocycles. The lowest BCUT2D eigenvalue weighted by Crippen LogP contribution is -2.36. The molecular formula is C15H13N3O4S. The summed E-state index contributed by atoms with van der Waals surface area (Å²) in [6, 6.07) is 6.94. The molecule has 0 atom stereocenters. The minimum atomic E-state index is -0.438. The second-order valence-electron chi connectivity index (χ2n) is 4.56. The summed E-state index contributed by atoms with van der Waals surface area (Å²) in [6.45, 7) is 0.0828. The van der Waals surface area contributed by atoms with Gasteiger partial charge in [-0.2, -0.15) is 0 Å². The van der Waals surface area contributed by atoms with E-state index in [2.05, 4.69) is 15.6 Å². The van der Waals surface area contributed by atoms with Gasteiger partial charge >= 0.3 is 0 Å². The molecule has 118 valence electrons. The zero-order valence-corrected chi connectivity index (χ0v) is 12.8. The van der Waals surface area contributed by atoms with Gasteiger partial charge in [-0.3, -0.25) is 9.59 Å². The van der Waals surface area contributed by atoms with Crippen LogP contribution in [0.1, 0.15) is 16.2 Å². The average molecular weight is 331 g/mol. The predicted octanol–water partition coefficient (Wildman–Crippen LogP) is 2.04. The van der Waals surface area contributed by atoms with Crippen LogP contribution in [0.2, 0.25) is 0 Å². The van der Waals surface area contributed by atoms with Gasteiger partial charge in [-0.25, -0.2) is 4.98 Å². The van der Waals surface area contributed by atoms with Crippen LogP contribution in [0.3, 0.4) is 0 Å². The summed E-state index contributed by atoms with van der Waals surface area (Å²) in [4.78, 5) is 28.5.